The molecule has 0 unspecified atom stereocenters. The molecule has 2 aromatic carbocycles. The minimum Gasteiger partial charge on any atom is -1.00 e. The van der Waals surface area contributed by atoms with E-state index >= 15 is 0 Å². The second-order valence-electron chi connectivity index (χ2n) is 5.92. The number of nitrogens with zero attached hydrogens (tertiary/aromatic N) is 3. The zero-order valence-electron chi connectivity index (χ0n) is 14.6. The van der Waals surface area contributed by atoms with Gasteiger partial charge >= 0.3 is 0 Å². The van der Waals surface area contributed by atoms with Crippen molar-refractivity contribution in [1.29, 1.82) is 0 Å². The molecule has 138 valence electrons. The van der Waals surface area contributed by atoms with E-state index in [1.807, 2.05) is 18.2 Å². The summed E-state index contributed by atoms with van der Waals surface area (Å²) < 4.78 is 2.16. The minimum atomic E-state index is -0.396. The zero-order chi connectivity index (χ0) is 18.0. The number of rotatable bonds is 6. The third-order valence-electron chi connectivity index (χ3n) is 4.43. The van der Waals surface area contributed by atoms with Gasteiger partial charge in [-0.25, -0.2) is 4.98 Å². The lowest BCUT2D eigenvalue weighted by atomic mass is 10.2. The lowest BCUT2D eigenvalue weighted by molar-refractivity contribution is -0.918. The van der Waals surface area contributed by atoms with Crippen LogP contribution in [-0.4, -0.2) is 27.6 Å². The van der Waals surface area contributed by atoms with Crippen LogP contribution in [0.2, 0.25) is 5.02 Å². The Kier molecular flexibility index (Phi) is 6.58. The van der Waals surface area contributed by atoms with Crippen molar-refractivity contribution in [3.05, 3.63) is 57.6 Å². The van der Waals surface area contributed by atoms with E-state index in [1.54, 1.807) is 12.1 Å². The molecule has 0 fully saturated rings. The summed E-state index contributed by atoms with van der Waals surface area (Å²) >= 11 is 6.11. The topological polar surface area (TPSA) is 65.4 Å². The average Bonchev–Trinajstić information content (AvgIpc) is 2.97. The van der Waals surface area contributed by atoms with Crippen molar-refractivity contribution in [3.63, 3.8) is 0 Å². The van der Waals surface area contributed by atoms with E-state index in [-0.39, 0.29) is 18.1 Å². The van der Waals surface area contributed by atoms with Gasteiger partial charge < -0.3 is 17.3 Å². The van der Waals surface area contributed by atoms with Crippen molar-refractivity contribution < 1.29 is 22.2 Å². The number of imidazole rings is 1. The highest BCUT2D eigenvalue weighted by Crippen LogP contribution is 2.27. The summed E-state index contributed by atoms with van der Waals surface area (Å²) in [7, 11) is 0. The molecule has 0 saturated heterocycles. The quantitative estimate of drug-likeness (QED) is 0.478. The van der Waals surface area contributed by atoms with Crippen LogP contribution in [0.5, 0.6) is 0 Å². The van der Waals surface area contributed by atoms with Gasteiger partial charge in [-0.15, -0.1) is 0 Å². The van der Waals surface area contributed by atoms with E-state index in [1.165, 1.54) is 17.0 Å². The molecule has 0 bridgehead atoms. The Morgan fingerprint density at radius 2 is 1.81 bits per heavy atom. The van der Waals surface area contributed by atoms with E-state index in [0.29, 0.717) is 5.02 Å². The zero-order valence-corrected chi connectivity index (χ0v) is 16.1. The number of hydrogen-bond donors (Lipinski definition) is 1. The molecule has 0 amide bonds. The molecule has 0 aliphatic heterocycles. The summed E-state index contributed by atoms with van der Waals surface area (Å²) in [6.07, 6.45) is 0. The molecule has 1 heterocycles. The molecular formula is C18H20Cl2N4O2. The first-order chi connectivity index (χ1) is 12.0. The Morgan fingerprint density at radius 1 is 1.15 bits per heavy atom. The average molecular weight is 395 g/mol. The first-order valence-corrected chi connectivity index (χ1v) is 8.65. The third-order valence-corrected chi connectivity index (χ3v) is 4.66. The number of fused-ring (bicyclic) bond motifs is 1. The monoisotopic (exact) mass is 394 g/mol. The number of benzene rings is 2. The van der Waals surface area contributed by atoms with Crippen LogP contribution >= 0.6 is 11.6 Å². The standard InChI is InChI=1S/C18H19ClN4O2.ClH/c1-3-21(4-2)12-22-17-10-7-14(19)11-16(17)20-18(22)13-5-8-15(9-6-13)23(24)25;/h5-11H,3-4,12H2,1-2H3;1H. The number of nitrogens with one attached hydrogen (secondary N) is 1. The molecule has 8 heteroatoms. The summed E-state index contributed by atoms with van der Waals surface area (Å²) in [6, 6.07) is 12.2. The molecule has 1 N–H and O–H groups in total. The maximum absolute atomic E-state index is 10.9. The van der Waals surface area contributed by atoms with Crippen LogP contribution in [0.1, 0.15) is 13.8 Å². The van der Waals surface area contributed by atoms with Gasteiger partial charge in [-0.1, -0.05) is 11.6 Å². The highest BCUT2D eigenvalue weighted by Gasteiger charge is 2.17. The normalized spacial score (nSPS) is 10.9. The molecule has 0 spiro atoms. The maximum Gasteiger partial charge on any atom is 0.269 e. The van der Waals surface area contributed by atoms with Gasteiger partial charge in [0.05, 0.1) is 29.0 Å². The van der Waals surface area contributed by atoms with Crippen molar-refractivity contribution in [2.24, 2.45) is 0 Å². The van der Waals surface area contributed by atoms with Gasteiger partial charge in [0, 0.05) is 22.7 Å². The molecule has 0 aliphatic carbocycles. The molecular weight excluding hydrogens is 375 g/mol. The molecule has 0 atom stereocenters. The number of halogens is 2. The van der Waals surface area contributed by atoms with Crippen LogP contribution in [-0.2, 0) is 6.67 Å². The van der Waals surface area contributed by atoms with Gasteiger partial charge in [0.15, 0.2) is 6.67 Å². The van der Waals surface area contributed by atoms with Crippen molar-refractivity contribution in [1.82, 2.24) is 9.55 Å². The number of nitro benzene ring substituents is 1. The van der Waals surface area contributed by atoms with E-state index in [2.05, 4.69) is 18.4 Å². The summed E-state index contributed by atoms with van der Waals surface area (Å²) in [5.41, 5.74) is 2.76. The fourth-order valence-electron chi connectivity index (χ4n) is 2.91. The maximum atomic E-state index is 10.9. The fourth-order valence-corrected chi connectivity index (χ4v) is 3.08. The Labute approximate surface area is 163 Å². The highest BCUT2D eigenvalue weighted by molar-refractivity contribution is 6.31. The van der Waals surface area contributed by atoms with E-state index in [9.17, 15) is 10.1 Å². The number of hydrogen-bond acceptors (Lipinski definition) is 3. The van der Waals surface area contributed by atoms with Gasteiger partial charge in [0.25, 0.3) is 5.69 Å². The van der Waals surface area contributed by atoms with E-state index in [4.69, 9.17) is 16.6 Å². The van der Waals surface area contributed by atoms with Crippen molar-refractivity contribution in [3.8, 4) is 11.4 Å². The SMILES string of the molecule is CC[NH+](CC)Cn1c(-c2ccc([N+](=O)[O-])cc2)nc2cc(Cl)ccc21.[Cl-]. The molecule has 0 radical (unpaired) electrons. The fraction of sp³-hybridized carbons (Fsp3) is 0.278. The second-order valence-corrected chi connectivity index (χ2v) is 6.35. The predicted molar refractivity (Wildman–Crippen MR) is 98.9 cm³/mol. The third kappa shape index (κ3) is 3.98. The van der Waals surface area contributed by atoms with Crippen molar-refractivity contribution in [2.75, 3.05) is 13.1 Å². The van der Waals surface area contributed by atoms with Gasteiger partial charge in [-0.3, -0.25) is 14.7 Å². The van der Waals surface area contributed by atoms with E-state index < -0.39 is 4.92 Å². The number of nitro groups is 1. The number of aromatic nitrogens is 2. The number of quaternary nitrogens is 1. The summed E-state index contributed by atoms with van der Waals surface area (Å²) in [6.45, 7) is 7.09. The molecule has 3 rings (SSSR count). The van der Waals surface area contributed by atoms with E-state index in [0.717, 1.165) is 42.2 Å². The second kappa shape index (κ2) is 8.49. The molecule has 3 aromatic rings. The van der Waals surface area contributed by atoms with Crippen LogP contribution in [0.15, 0.2) is 42.5 Å². The van der Waals surface area contributed by atoms with Gasteiger partial charge in [-0.2, -0.15) is 0 Å². The molecule has 1 aromatic heterocycles. The predicted octanol–water partition coefficient (Wildman–Crippen LogP) is 0.151. The van der Waals surface area contributed by atoms with Gasteiger partial charge in [0.1, 0.15) is 5.82 Å². The molecule has 6 nitrogen and oxygen atoms in total. The summed E-state index contributed by atoms with van der Waals surface area (Å²) in [5.74, 6) is 0.798. The Balaban J connectivity index is 0.00000243. The van der Waals surface area contributed by atoms with Crippen molar-refractivity contribution >= 4 is 28.3 Å². The van der Waals surface area contributed by atoms with Crippen molar-refractivity contribution in [2.45, 2.75) is 20.5 Å². The van der Waals surface area contributed by atoms with Crippen LogP contribution in [0, 0.1) is 10.1 Å². The van der Waals surface area contributed by atoms with Gasteiger partial charge in [-0.05, 0) is 44.2 Å². The van der Waals surface area contributed by atoms with Crippen LogP contribution in [0.3, 0.4) is 0 Å². The smallest absolute Gasteiger partial charge is 0.269 e. The molecule has 0 saturated carbocycles. The Morgan fingerprint density at radius 3 is 2.38 bits per heavy atom. The minimum absolute atomic E-state index is 0. The first kappa shape index (κ1) is 20.2. The van der Waals surface area contributed by atoms with Crippen LogP contribution in [0.25, 0.3) is 22.4 Å². The van der Waals surface area contributed by atoms with Gasteiger partial charge in [0.2, 0.25) is 0 Å². The summed E-state index contributed by atoms with van der Waals surface area (Å²) in [5, 5.41) is 11.5. The lowest BCUT2D eigenvalue weighted by Crippen LogP contribution is -3.10. The Bertz CT molecular complexity index is 905. The van der Waals surface area contributed by atoms with Crippen LogP contribution < -0.4 is 17.3 Å². The largest absolute Gasteiger partial charge is 1.00 e. The first-order valence-electron chi connectivity index (χ1n) is 8.27. The number of non-ortho nitro benzene ring substituents is 1. The lowest BCUT2D eigenvalue weighted by Gasteiger charge is -2.18. The molecule has 0 aliphatic rings. The van der Waals surface area contributed by atoms with Crippen LogP contribution in [0.4, 0.5) is 5.69 Å². The Hall–Kier alpha value is -2.15. The summed E-state index contributed by atoms with van der Waals surface area (Å²) in [4.78, 5) is 16.6. The highest BCUT2D eigenvalue weighted by atomic mass is 35.5. The molecule has 26 heavy (non-hydrogen) atoms.